The van der Waals surface area contributed by atoms with E-state index < -0.39 is 60.3 Å². The number of carbonyl (C=O) groups excluding carboxylic acids is 2. The third kappa shape index (κ3) is 2.10. The molecule has 0 N–H and O–H groups in total. The van der Waals surface area contributed by atoms with Crippen molar-refractivity contribution in [3.63, 3.8) is 0 Å². The van der Waals surface area contributed by atoms with Crippen molar-refractivity contribution >= 4 is 11.9 Å². The number of rotatable bonds is 2. The van der Waals surface area contributed by atoms with Gasteiger partial charge in [-0.15, -0.1) is 0 Å². The van der Waals surface area contributed by atoms with E-state index in [-0.39, 0.29) is 5.41 Å². The highest BCUT2D eigenvalue weighted by Crippen LogP contribution is 2.62. The Kier molecular flexibility index (Phi) is 3.32. The van der Waals surface area contributed by atoms with Gasteiger partial charge in [-0.1, -0.05) is 27.7 Å². The molecule has 0 aromatic carbocycles. The standard InChI is InChI=1S/C15H19F3O5/c1-6(13(2,3)4)11(19)22-8-7-5-14(15(16,17)18)10(21-7)9(8)23-12(14)20/h6-10H,5H2,1-4H3. The Labute approximate surface area is 131 Å². The third-order valence-corrected chi connectivity index (χ3v) is 5.34. The highest BCUT2D eigenvalue weighted by Gasteiger charge is 2.82. The van der Waals surface area contributed by atoms with Crippen molar-refractivity contribution in [3.05, 3.63) is 0 Å². The van der Waals surface area contributed by atoms with E-state index in [1.165, 1.54) is 0 Å². The van der Waals surface area contributed by atoms with Crippen molar-refractivity contribution in [3.8, 4) is 0 Å². The van der Waals surface area contributed by atoms with Gasteiger partial charge in [-0.3, -0.25) is 9.59 Å². The Bertz CT molecular complexity index is 552. The molecule has 3 aliphatic heterocycles. The second kappa shape index (κ2) is 4.62. The van der Waals surface area contributed by atoms with Crippen LogP contribution in [0.15, 0.2) is 0 Å². The summed E-state index contributed by atoms with van der Waals surface area (Å²) >= 11 is 0. The molecule has 8 heteroatoms. The molecule has 3 fully saturated rings. The average Bonchev–Trinajstić information content (AvgIpc) is 2.98. The second-order valence-corrected chi connectivity index (χ2v) is 7.63. The fourth-order valence-corrected chi connectivity index (χ4v) is 3.40. The SMILES string of the molecule is CC(C(=O)OC1C2CC3(C(F)(F)F)C(=O)OC1C3O2)C(C)(C)C. The van der Waals surface area contributed by atoms with Crippen LogP contribution in [-0.2, 0) is 23.8 Å². The van der Waals surface area contributed by atoms with Gasteiger partial charge >= 0.3 is 18.1 Å². The van der Waals surface area contributed by atoms with E-state index in [9.17, 15) is 22.8 Å². The number of esters is 2. The molecule has 3 rings (SSSR count). The van der Waals surface area contributed by atoms with Gasteiger partial charge in [-0.25, -0.2) is 0 Å². The van der Waals surface area contributed by atoms with Gasteiger partial charge in [0.25, 0.3) is 0 Å². The summed E-state index contributed by atoms with van der Waals surface area (Å²) in [5.41, 5.74) is -2.96. The maximum atomic E-state index is 13.3. The number of halogens is 3. The minimum Gasteiger partial charge on any atom is -0.455 e. The van der Waals surface area contributed by atoms with E-state index in [0.29, 0.717) is 0 Å². The fourth-order valence-electron chi connectivity index (χ4n) is 3.40. The van der Waals surface area contributed by atoms with Crippen LogP contribution in [0.2, 0.25) is 0 Å². The number of fused-ring (bicyclic) bond motifs is 1. The van der Waals surface area contributed by atoms with Crippen LogP contribution in [0.5, 0.6) is 0 Å². The summed E-state index contributed by atoms with van der Waals surface area (Å²) in [7, 11) is 0. The maximum Gasteiger partial charge on any atom is 0.407 e. The normalized spacial score (nSPS) is 40.2. The van der Waals surface area contributed by atoms with Crippen molar-refractivity contribution in [2.24, 2.45) is 16.7 Å². The van der Waals surface area contributed by atoms with E-state index in [2.05, 4.69) is 0 Å². The topological polar surface area (TPSA) is 61.8 Å². The molecule has 0 radical (unpaired) electrons. The molecule has 5 nitrogen and oxygen atoms in total. The molecule has 3 aliphatic rings. The van der Waals surface area contributed by atoms with Gasteiger partial charge in [-0.2, -0.15) is 13.2 Å². The predicted molar refractivity (Wildman–Crippen MR) is 70.1 cm³/mol. The van der Waals surface area contributed by atoms with Gasteiger partial charge in [0.05, 0.1) is 5.92 Å². The minimum absolute atomic E-state index is 0.350. The van der Waals surface area contributed by atoms with Crippen LogP contribution < -0.4 is 0 Å². The van der Waals surface area contributed by atoms with Crippen LogP contribution in [0, 0.1) is 16.7 Å². The predicted octanol–water partition coefficient (Wildman–Crippen LogP) is 2.23. The van der Waals surface area contributed by atoms with Crippen LogP contribution in [0.4, 0.5) is 13.2 Å². The highest BCUT2D eigenvalue weighted by molar-refractivity contribution is 5.83. The van der Waals surface area contributed by atoms with Gasteiger partial charge in [0.1, 0.15) is 12.2 Å². The summed E-state index contributed by atoms with van der Waals surface area (Å²) in [4.78, 5) is 24.0. The van der Waals surface area contributed by atoms with E-state index >= 15 is 0 Å². The molecule has 6 atom stereocenters. The lowest BCUT2D eigenvalue weighted by Gasteiger charge is -2.32. The Morgan fingerprint density at radius 2 is 1.96 bits per heavy atom. The number of carbonyl (C=O) groups is 2. The molecule has 0 aromatic rings. The van der Waals surface area contributed by atoms with E-state index in [1.807, 2.05) is 20.8 Å². The first kappa shape index (κ1) is 16.5. The molecule has 23 heavy (non-hydrogen) atoms. The highest BCUT2D eigenvalue weighted by atomic mass is 19.4. The zero-order valence-corrected chi connectivity index (χ0v) is 13.3. The third-order valence-electron chi connectivity index (χ3n) is 5.34. The van der Waals surface area contributed by atoms with Crippen LogP contribution in [-0.4, -0.2) is 42.5 Å². The molecule has 0 amide bonds. The summed E-state index contributed by atoms with van der Waals surface area (Å²) in [6.45, 7) is 7.28. The lowest BCUT2D eigenvalue weighted by Crippen LogP contribution is -2.52. The monoisotopic (exact) mass is 336 g/mol. The first-order valence-corrected chi connectivity index (χ1v) is 7.53. The molecule has 3 heterocycles. The van der Waals surface area contributed by atoms with Crippen molar-refractivity contribution < 1.29 is 37.0 Å². The smallest absolute Gasteiger partial charge is 0.407 e. The summed E-state index contributed by atoms with van der Waals surface area (Å²) < 4.78 is 55.6. The molecule has 0 aromatic heterocycles. The number of alkyl halides is 3. The summed E-state index contributed by atoms with van der Waals surface area (Å²) in [6, 6.07) is 0. The van der Waals surface area contributed by atoms with Crippen molar-refractivity contribution in [1.82, 2.24) is 0 Å². The summed E-state index contributed by atoms with van der Waals surface area (Å²) in [5, 5.41) is 0. The Morgan fingerprint density at radius 1 is 1.35 bits per heavy atom. The molecule has 0 spiro atoms. The van der Waals surface area contributed by atoms with Crippen molar-refractivity contribution in [2.75, 3.05) is 0 Å². The number of hydrogen-bond acceptors (Lipinski definition) is 5. The second-order valence-electron chi connectivity index (χ2n) is 7.63. The fraction of sp³-hybridized carbons (Fsp3) is 0.867. The zero-order chi connectivity index (χ0) is 17.4. The Balaban J connectivity index is 1.79. The lowest BCUT2D eigenvalue weighted by atomic mass is 9.73. The van der Waals surface area contributed by atoms with Crippen LogP contribution >= 0.6 is 0 Å². The Hall–Kier alpha value is -1.31. The summed E-state index contributed by atoms with van der Waals surface area (Å²) in [6.07, 6.45) is -9.85. The van der Waals surface area contributed by atoms with Crippen LogP contribution in [0.25, 0.3) is 0 Å². The quantitative estimate of drug-likeness (QED) is 0.724. The molecule has 3 saturated heterocycles. The summed E-state index contributed by atoms with van der Waals surface area (Å²) in [5.74, 6) is -2.31. The lowest BCUT2D eigenvalue weighted by molar-refractivity contribution is -0.228. The van der Waals surface area contributed by atoms with Crippen molar-refractivity contribution in [2.45, 2.75) is 64.7 Å². The first-order chi connectivity index (χ1) is 10.4. The van der Waals surface area contributed by atoms with E-state index in [4.69, 9.17) is 14.2 Å². The van der Waals surface area contributed by atoms with Gasteiger partial charge in [0, 0.05) is 6.42 Å². The molecule has 2 bridgehead atoms. The van der Waals surface area contributed by atoms with Crippen LogP contribution in [0.1, 0.15) is 34.1 Å². The largest absolute Gasteiger partial charge is 0.455 e. The molecule has 130 valence electrons. The molecular weight excluding hydrogens is 317 g/mol. The van der Waals surface area contributed by atoms with Crippen LogP contribution in [0.3, 0.4) is 0 Å². The molecule has 0 saturated carbocycles. The van der Waals surface area contributed by atoms with Gasteiger partial charge < -0.3 is 14.2 Å². The average molecular weight is 336 g/mol. The molecule has 0 aliphatic carbocycles. The number of hydrogen-bond donors (Lipinski definition) is 0. The van der Waals surface area contributed by atoms with Gasteiger partial charge in [-0.05, 0) is 5.41 Å². The van der Waals surface area contributed by atoms with E-state index in [0.717, 1.165) is 0 Å². The zero-order valence-electron chi connectivity index (χ0n) is 13.3. The van der Waals surface area contributed by atoms with Crippen molar-refractivity contribution in [1.29, 1.82) is 0 Å². The minimum atomic E-state index is -4.74. The van der Waals surface area contributed by atoms with Gasteiger partial charge in [0.2, 0.25) is 0 Å². The molecule has 6 unspecified atom stereocenters. The number of ether oxygens (including phenoxy) is 3. The molecular formula is C15H19F3O5. The Morgan fingerprint density at radius 3 is 2.48 bits per heavy atom. The maximum absolute atomic E-state index is 13.3. The van der Waals surface area contributed by atoms with Gasteiger partial charge in [0.15, 0.2) is 17.6 Å². The first-order valence-electron chi connectivity index (χ1n) is 7.53. The van der Waals surface area contributed by atoms with E-state index in [1.54, 1.807) is 6.92 Å².